The van der Waals surface area contributed by atoms with Crippen LogP contribution < -0.4 is 11.5 Å². The van der Waals surface area contributed by atoms with Crippen LogP contribution in [0.2, 0.25) is 0 Å². The van der Waals surface area contributed by atoms with E-state index in [-0.39, 0.29) is 25.4 Å². The van der Waals surface area contributed by atoms with E-state index in [1.807, 2.05) is 0 Å². The van der Waals surface area contributed by atoms with Gasteiger partial charge < -0.3 is 11.5 Å². The summed E-state index contributed by atoms with van der Waals surface area (Å²) in [5, 5.41) is 0. The molecule has 0 aromatic heterocycles. The van der Waals surface area contributed by atoms with Crippen molar-refractivity contribution in [2.45, 2.75) is 44.4 Å². The van der Waals surface area contributed by atoms with E-state index in [9.17, 15) is 18.0 Å². The van der Waals surface area contributed by atoms with E-state index in [1.165, 1.54) is 4.90 Å². The fourth-order valence-electron chi connectivity index (χ4n) is 2.41. The first-order valence-corrected chi connectivity index (χ1v) is 6.13. The summed E-state index contributed by atoms with van der Waals surface area (Å²) in [6.45, 7) is 2.07. The topological polar surface area (TPSA) is 72.3 Å². The van der Waals surface area contributed by atoms with Crippen LogP contribution in [-0.4, -0.2) is 42.2 Å². The predicted molar refractivity (Wildman–Crippen MR) is 61.6 cm³/mol. The highest BCUT2D eigenvalue weighted by molar-refractivity contribution is 5.76. The summed E-state index contributed by atoms with van der Waals surface area (Å²) >= 11 is 0. The normalized spacial score (nSPS) is 22.7. The minimum atomic E-state index is -4.34. The summed E-state index contributed by atoms with van der Waals surface area (Å²) in [5.74, 6) is -0.744. The fourth-order valence-corrected chi connectivity index (χ4v) is 2.41. The molecule has 0 radical (unpaired) electrons. The molecule has 1 aliphatic heterocycles. The third-order valence-corrected chi connectivity index (χ3v) is 3.54. The second-order valence-corrected chi connectivity index (χ2v) is 4.77. The molecule has 2 unspecified atom stereocenters. The Kier molecular flexibility index (Phi) is 4.98. The Labute approximate surface area is 104 Å². The Hall–Kier alpha value is -0.820. The Balaban J connectivity index is 2.69. The van der Waals surface area contributed by atoms with Crippen molar-refractivity contribution in [3.63, 3.8) is 0 Å². The van der Waals surface area contributed by atoms with Crippen molar-refractivity contribution in [2.75, 3.05) is 13.1 Å². The number of amides is 1. The van der Waals surface area contributed by atoms with E-state index >= 15 is 0 Å². The summed E-state index contributed by atoms with van der Waals surface area (Å²) in [6.07, 6.45) is -3.33. The largest absolute Gasteiger partial charge is 0.405 e. The molecule has 1 saturated heterocycles. The van der Waals surface area contributed by atoms with E-state index in [0.29, 0.717) is 12.8 Å². The lowest BCUT2D eigenvalue weighted by Crippen LogP contribution is -2.58. The number of hydrogen-bond acceptors (Lipinski definition) is 3. The standard InChI is InChI=1S/C11H20F3N3O/c1-2-8(15)9(11(12,13)14)17-5-3-7(4-6-17)10(16)18/h7-9H,2-6,15H2,1H3,(H2,16,18). The number of alkyl halides is 3. The molecule has 106 valence electrons. The van der Waals surface area contributed by atoms with Crippen LogP contribution >= 0.6 is 0 Å². The molecule has 4 nitrogen and oxygen atoms in total. The van der Waals surface area contributed by atoms with E-state index in [4.69, 9.17) is 11.5 Å². The Morgan fingerprint density at radius 2 is 1.89 bits per heavy atom. The lowest BCUT2D eigenvalue weighted by Gasteiger charge is -2.40. The van der Waals surface area contributed by atoms with Gasteiger partial charge in [0.15, 0.2) is 0 Å². The first-order valence-electron chi connectivity index (χ1n) is 6.13. The summed E-state index contributed by atoms with van der Waals surface area (Å²) in [5.41, 5.74) is 10.7. The molecule has 0 aliphatic carbocycles. The highest BCUT2D eigenvalue weighted by Gasteiger charge is 2.47. The maximum atomic E-state index is 13.0. The van der Waals surface area contributed by atoms with E-state index in [1.54, 1.807) is 6.92 Å². The molecule has 1 fully saturated rings. The van der Waals surface area contributed by atoms with Gasteiger partial charge in [-0.15, -0.1) is 0 Å². The average Bonchev–Trinajstić information content (AvgIpc) is 2.27. The van der Waals surface area contributed by atoms with Crippen LogP contribution in [0.25, 0.3) is 0 Å². The molecule has 0 aromatic rings. The van der Waals surface area contributed by atoms with Gasteiger partial charge in [-0.1, -0.05) is 6.92 Å². The van der Waals surface area contributed by atoms with E-state index in [2.05, 4.69) is 0 Å². The summed E-state index contributed by atoms with van der Waals surface area (Å²) in [7, 11) is 0. The van der Waals surface area contributed by atoms with Crippen molar-refractivity contribution in [1.29, 1.82) is 0 Å². The van der Waals surface area contributed by atoms with Crippen LogP contribution in [0.5, 0.6) is 0 Å². The minimum Gasteiger partial charge on any atom is -0.369 e. The SMILES string of the molecule is CCC(N)C(N1CCC(C(N)=O)CC1)C(F)(F)F. The molecular formula is C11H20F3N3O. The Morgan fingerprint density at radius 1 is 1.39 bits per heavy atom. The van der Waals surface area contributed by atoms with Crippen LogP contribution in [0, 0.1) is 5.92 Å². The van der Waals surface area contributed by atoms with Crippen molar-refractivity contribution in [2.24, 2.45) is 17.4 Å². The van der Waals surface area contributed by atoms with Crippen molar-refractivity contribution in [1.82, 2.24) is 4.90 Å². The van der Waals surface area contributed by atoms with Gasteiger partial charge >= 0.3 is 6.18 Å². The van der Waals surface area contributed by atoms with Gasteiger partial charge in [-0.05, 0) is 32.4 Å². The number of nitrogens with zero attached hydrogens (tertiary/aromatic N) is 1. The molecule has 1 heterocycles. The van der Waals surface area contributed by atoms with Crippen LogP contribution in [0.15, 0.2) is 0 Å². The lowest BCUT2D eigenvalue weighted by molar-refractivity contribution is -0.192. The smallest absolute Gasteiger partial charge is 0.369 e. The number of rotatable bonds is 4. The zero-order valence-electron chi connectivity index (χ0n) is 10.4. The predicted octanol–water partition coefficient (Wildman–Crippen LogP) is 0.852. The molecule has 1 rings (SSSR count). The summed E-state index contributed by atoms with van der Waals surface area (Å²) in [4.78, 5) is 12.3. The molecule has 2 atom stereocenters. The highest BCUT2D eigenvalue weighted by atomic mass is 19.4. The van der Waals surface area contributed by atoms with Gasteiger partial charge in [0.25, 0.3) is 0 Å². The zero-order valence-corrected chi connectivity index (χ0v) is 10.4. The number of carbonyl (C=O) groups excluding carboxylic acids is 1. The molecular weight excluding hydrogens is 247 g/mol. The minimum absolute atomic E-state index is 0.214. The van der Waals surface area contributed by atoms with Gasteiger partial charge in [-0.2, -0.15) is 13.2 Å². The van der Waals surface area contributed by atoms with E-state index < -0.39 is 24.2 Å². The average molecular weight is 267 g/mol. The monoisotopic (exact) mass is 267 g/mol. The zero-order chi connectivity index (χ0) is 13.9. The van der Waals surface area contributed by atoms with Gasteiger partial charge in [-0.3, -0.25) is 9.69 Å². The van der Waals surface area contributed by atoms with Crippen LogP contribution in [0.1, 0.15) is 26.2 Å². The van der Waals surface area contributed by atoms with Crippen molar-refractivity contribution in [3.8, 4) is 0 Å². The van der Waals surface area contributed by atoms with Gasteiger partial charge in [-0.25, -0.2) is 0 Å². The number of piperidine rings is 1. The third kappa shape index (κ3) is 3.58. The molecule has 0 spiro atoms. The first kappa shape index (κ1) is 15.2. The summed E-state index contributed by atoms with van der Waals surface area (Å²) in [6, 6.07) is -2.56. The second-order valence-electron chi connectivity index (χ2n) is 4.77. The molecule has 1 aliphatic rings. The fraction of sp³-hybridized carbons (Fsp3) is 0.909. The van der Waals surface area contributed by atoms with Crippen molar-refractivity contribution < 1.29 is 18.0 Å². The first-order chi connectivity index (χ1) is 8.27. The van der Waals surface area contributed by atoms with Gasteiger partial charge in [0.2, 0.25) is 5.91 Å². The number of nitrogens with two attached hydrogens (primary N) is 2. The van der Waals surface area contributed by atoms with Crippen LogP contribution in [0.4, 0.5) is 13.2 Å². The highest BCUT2D eigenvalue weighted by Crippen LogP contribution is 2.30. The maximum absolute atomic E-state index is 13.0. The molecule has 0 saturated carbocycles. The third-order valence-electron chi connectivity index (χ3n) is 3.54. The Bertz CT molecular complexity index is 288. The number of hydrogen-bond donors (Lipinski definition) is 2. The molecule has 1 amide bonds. The summed E-state index contributed by atoms with van der Waals surface area (Å²) < 4.78 is 39.0. The molecule has 0 bridgehead atoms. The Morgan fingerprint density at radius 3 is 2.22 bits per heavy atom. The van der Waals surface area contributed by atoms with Crippen molar-refractivity contribution >= 4 is 5.91 Å². The number of halogens is 3. The van der Waals surface area contributed by atoms with Gasteiger partial charge in [0.05, 0.1) is 0 Å². The van der Waals surface area contributed by atoms with Crippen LogP contribution in [-0.2, 0) is 4.79 Å². The van der Waals surface area contributed by atoms with Gasteiger partial charge in [0, 0.05) is 12.0 Å². The molecule has 18 heavy (non-hydrogen) atoms. The maximum Gasteiger partial charge on any atom is 0.405 e. The quantitative estimate of drug-likeness (QED) is 0.793. The van der Waals surface area contributed by atoms with Crippen LogP contribution in [0.3, 0.4) is 0 Å². The molecule has 4 N–H and O–H groups in total. The molecule has 0 aromatic carbocycles. The number of primary amides is 1. The van der Waals surface area contributed by atoms with Crippen molar-refractivity contribution in [3.05, 3.63) is 0 Å². The number of carbonyl (C=O) groups is 1. The molecule has 7 heteroatoms. The van der Waals surface area contributed by atoms with Gasteiger partial charge in [0.1, 0.15) is 6.04 Å². The van der Waals surface area contributed by atoms with E-state index in [0.717, 1.165) is 0 Å². The number of likely N-dealkylation sites (tertiary alicyclic amines) is 1. The second kappa shape index (κ2) is 5.88. The lowest BCUT2D eigenvalue weighted by atomic mass is 9.93.